The normalized spacial score (nSPS) is 10.6. The van der Waals surface area contributed by atoms with Gasteiger partial charge in [-0.2, -0.15) is 10.4 Å². The Morgan fingerprint density at radius 1 is 1.52 bits per heavy atom. The van der Waals surface area contributed by atoms with Crippen molar-refractivity contribution in [2.45, 2.75) is 20.3 Å². The number of nitriles is 1. The second-order valence-corrected chi connectivity index (χ2v) is 5.37. The van der Waals surface area contributed by atoms with Crippen LogP contribution in [0.1, 0.15) is 25.1 Å². The predicted octanol–water partition coefficient (Wildman–Crippen LogP) is 3.50. The van der Waals surface area contributed by atoms with Crippen LogP contribution in [0.15, 0.2) is 24.3 Å². The van der Waals surface area contributed by atoms with Gasteiger partial charge in [-0.15, -0.1) is 0 Å². The highest BCUT2D eigenvalue weighted by atomic mass is 35.5. The fraction of sp³-hybridized carbons (Fsp3) is 0.286. The van der Waals surface area contributed by atoms with E-state index in [1.165, 1.54) is 16.8 Å². The minimum atomic E-state index is -0.485. The first kappa shape index (κ1) is 15.0. The zero-order chi connectivity index (χ0) is 15.6. The van der Waals surface area contributed by atoms with Crippen molar-refractivity contribution in [2.24, 2.45) is 5.92 Å². The first-order valence-corrected chi connectivity index (χ1v) is 6.74. The van der Waals surface area contributed by atoms with Gasteiger partial charge >= 0.3 is 0 Å². The van der Waals surface area contributed by atoms with E-state index < -0.39 is 4.92 Å². The summed E-state index contributed by atoms with van der Waals surface area (Å²) in [6.07, 6.45) is 0.616. The maximum absolute atomic E-state index is 10.8. The largest absolute Gasteiger partial charge is 0.271 e. The van der Waals surface area contributed by atoms with E-state index in [0.717, 1.165) is 0 Å². The van der Waals surface area contributed by atoms with Crippen LogP contribution in [0.25, 0.3) is 5.69 Å². The number of hydrogen-bond acceptors (Lipinski definition) is 4. The molecule has 7 heteroatoms. The molecule has 0 unspecified atom stereocenters. The number of aromatic nitrogens is 2. The van der Waals surface area contributed by atoms with Gasteiger partial charge in [0.25, 0.3) is 5.69 Å². The van der Waals surface area contributed by atoms with Crippen molar-refractivity contribution in [1.29, 1.82) is 5.26 Å². The molecule has 0 saturated heterocycles. The third-order valence-electron chi connectivity index (χ3n) is 2.90. The number of nitrogens with zero attached hydrogens (tertiary/aromatic N) is 4. The Balaban J connectivity index is 2.54. The molecule has 0 atom stereocenters. The lowest BCUT2D eigenvalue weighted by Crippen LogP contribution is -2.00. The first-order valence-electron chi connectivity index (χ1n) is 6.36. The standard InChI is InChI=1S/C14H13ClN4O2/c1-9(2)6-13-12(8-16)14(15)18(17-13)10-4-3-5-11(7-10)19(20)21/h3-5,7,9H,6H2,1-2H3. The van der Waals surface area contributed by atoms with Gasteiger partial charge < -0.3 is 0 Å². The molecule has 0 aliphatic carbocycles. The summed E-state index contributed by atoms with van der Waals surface area (Å²) in [7, 11) is 0. The van der Waals surface area contributed by atoms with E-state index >= 15 is 0 Å². The number of hydrogen-bond donors (Lipinski definition) is 0. The zero-order valence-corrected chi connectivity index (χ0v) is 12.3. The van der Waals surface area contributed by atoms with Crippen LogP contribution in [-0.4, -0.2) is 14.7 Å². The van der Waals surface area contributed by atoms with Crippen molar-refractivity contribution in [2.75, 3.05) is 0 Å². The van der Waals surface area contributed by atoms with E-state index in [2.05, 4.69) is 5.10 Å². The van der Waals surface area contributed by atoms with Crippen LogP contribution in [-0.2, 0) is 6.42 Å². The van der Waals surface area contributed by atoms with Gasteiger partial charge in [0.2, 0.25) is 0 Å². The van der Waals surface area contributed by atoms with Crippen LogP contribution in [0.4, 0.5) is 5.69 Å². The predicted molar refractivity (Wildman–Crippen MR) is 78.5 cm³/mol. The molecule has 0 amide bonds. The summed E-state index contributed by atoms with van der Waals surface area (Å²) in [5.41, 5.74) is 1.32. The van der Waals surface area contributed by atoms with Crippen molar-refractivity contribution in [3.63, 3.8) is 0 Å². The third kappa shape index (κ3) is 3.03. The van der Waals surface area contributed by atoms with E-state index in [1.807, 2.05) is 19.9 Å². The maximum Gasteiger partial charge on any atom is 0.271 e. The lowest BCUT2D eigenvalue weighted by atomic mass is 10.1. The molecule has 0 fully saturated rings. The Kier molecular flexibility index (Phi) is 4.24. The summed E-state index contributed by atoms with van der Waals surface area (Å²) in [5.74, 6) is 0.321. The van der Waals surface area contributed by atoms with E-state index in [-0.39, 0.29) is 10.8 Å². The quantitative estimate of drug-likeness (QED) is 0.639. The van der Waals surface area contributed by atoms with E-state index in [0.29, 0.717) is 29.3 Å². The first-order chi connectivity index (χ1) is 9.93. The van der Waals surface area contributed by atoms with Crippen molar-refractivity contribution < 1.29 is 4.92 Å². The van der Waals surface area contributed by atoms with E-state index in [4.69, 9.17) is 11.6 Å². The summed E-state index contributed by atoms with van der Waals surface area (Å²) < 4.78 is 1.37. The molecular weight excluding hydrogens is 292 g/mol. The smallest absolute Gasteiger partial charge is 0.258 e. The Bertz CT molecular complexity index is 731. The van der Waals surface area contributed by atoms with Crippen LogP contribution in [0.5, 0.6) is 0 Å². The minimum Gasteiger partial charge on any atom is -0.258 e. The molecule has 0 spiro atoms. The Labute approximate surface area is 126 Å². The molecule has 0 saturated carbocycles. The van der Waals surface area contributed by atoms with E-state index in [9.17, 15) is 15.4 Å². The Morgan fingerprint density at radius 2 is 2.24 bits per heavy atom. The molecule has 2 aromatic rings. The van der Waals surface area contributed by atoms with Crippen LogP contribution >= 0.6 is 11.6 Å². The minimum absolute atomic E-state index is 0.0528. The summed E-state index contributed by atoms with van der Waals surface area (Å²) in [6.45, 7) is 4.03. The van der Waals surface area contributed by atoms with Crippen molar-refractivity contribution in [3.05, 3.63) is 50.8 Å². The summed E-state index contributed by atoms with van der Waals surface area (Å²) in [6, 6.07) is 8.03. The molecular formula is C14H13ClN4O2. The molecule has 0 bridgehead atoms. The molecule has 1 aromatic carbocycles. The molecule has 0 radical (unpaired) electrons. The Hall–Kier alpha value is -2.39. The molecule has 0 N–H and O–H groups in total. The maximum atomic E-state index is 10.8. The van der Waals surface area contributed by atoms with Gasteiger partial charge in [-0.1, -0.05) is 31.5 Å². The topological polar surface area (TPSA) is 84.8 Å². The van der Waals surface area contributed by atoms with Crippen LogP contribution in [0.2, 0.25) is 5.15 Å². The molecule has 1 aromatic heterocycles. The monoisotopic (exact) mass is 304 g/mol. The second-order valence-electron chi connectivity index (χ2n) is 5.01. The summed E-state index contributed by atoms with van der Waals surface area (Å²) in [4.78, 5) is 10.3. The SMILES string of the molecule is CC(C)Cc1nn(-c2cccc([N+](=O)[O-])c2)c(Cl)c1C#N. The van der Waals surface area contributed by atoms with Crippen molar-refractivity contribution in [3.8, 4) is 11.8 Å². The fourth-order valence-corrected chi connectivity index (χ4v) is 2.28. The van der Waals surface area contributed by atoms with Gasteiger partial charge in [0.05, 0.1) is 16.3 Å². The molecule has 0 aliphatic rings. The highest BCUT2D eigenvalue weighted by Crippen LogP contribution is 2.26. The Morgan fingerprint density at radius 3 is 2.81 bits per heavy atom. The number of nitro benzene ring substituents is 1. The van der Waals surface area contributed by atoms with Crippen molar-refractivity contribution >= 4 is 17.3 Å². The lowest BCUT2D eigenvalue weighted by Gasteiger charge is -2.03. The van der Waals surface area contributed by atoms with Gasteiger partial charge in [0, 0.05) is 12.1 Å². The third-order valence-corrected chi connectivity index (χ3v) is 3.25. The number of nitro groups is 1. The highest BCUT2D eigenvalue weighted by Gasteiger charge is 2.19. The molecule has 1 heterocycles. The average molecular weight is 305 g/mol. The molecule has 108 valence electrons. The summed E-state index contributed by atoms with van der Waals surface area (Å²) >= 11 is 6.19. The van der Waals surface area contributed by atoms with Crippen LogP contribution in [0.3, 0.4) is 0 Å². The number of non-ortho nitro benzene ring substituents is 1. The van der Waals surface area contributed by atoms with Gasteiger partial charge in [-0.05, 0) is 18.4 Å². The lowest BCUT2D eigenvalue weighted by molar-refractivity contribution is -0.384. The summed E-state index contributed by atoms with van der Waals surface area (Å²) in [5, 5.41) is 24.6. The molecule has 21 heavy (non-hydrogen) atoms. The van der Waals surface area contributed by atoms with Crippen LogP contribution in [0, 0.1) is 27.4 Å². The van der Waals surface area contributed by atoms with Crippen LogP contribution < -0.4 is 0 Å². The fourth-order valence-electron chi connectivity index (χ4n) is 1.99. The second kappa shape index (κ2) is 5.94. The number of rotatable bonds is 4. The molecule has 0 aliphatic heterocycles. The van der Waals surface area contributed by atoms with Gasteiger partial charge in [-0.25, -0.2) is 4.68 Å². The zero-order valence-electron chi connectivity index (χ0n) is 11.6. The molecule has 6 nitrogen and oxygen atoms in total. The van der Waals surface area contributed by atoms with E-state index in [1.54, 1.807) is 12.1 Å². The van der Waals surface area contributed by atoms with Gasteiger partial charge in [-0.3, -0.25) is 10.1 Å². The average Bonchev–Trinajstić information content (AvgIpc) is 2.74. The number of benzene rings is 1. The van der Waals surface area contributed by atoms with Gasteiger partial charge in [0.15, 0.2) is 5.15 Å². The van der Waals surface area contributed by atoms with Gasteiger partial charge in [0.1, 0.15) is 11.6 Å². The molecule has 2 rings (SSSR count). The highest BCUT2D eigenvalue weighted by molar-refractivity contribution is 6.31. The number of halogens is 1. The van der Waals surface area contributed by atoms with Crippen molar-refractivity contribution in [1.82, 2.24) is 9.78 Å².